The van der Waals surface area contributed by atoms with Crippen LogP contribution in [0.1, 0.15) is 34.3 Å². The molecule has 0 aliphatic rings. The summed E-state index contributed by atoms with van der Waals surface area (Å²) in [6.45, 7) is 0. The molecule has 0 N–H and O–H groups in total. The molecule has 348 valence electrons. The van der Waals surface area contributed by atoms with Gasteiger partial charge in [0.15, 0.2) is 8.59 Å². The van der Waals surface area contributed by atoms with E-state index in [1.165, 1.54) is 26.4 Å². The molecule has 0 aliphatic heterocycles. The van der Waals surface area contributed by atoms with Gasteiger partial charge >= 0.3 is 49.8 Å². The zero-order valence-corrected chi connectivity index (χ0v) is 39.7. The summed E-state index contributed by atoms with van der Waals surface area (Å²) in [5.41, 5.74) is 2.75. The number of aliphatic imine (C=N–C) groups is 2. The number of methoxy groups -OCH3 is 2. The zero-order valence-electron chi connectivity index (χ0n) is 33.2. The fourth-order valence-corrected chi connectivity index (χ4v) is 4.44. The Morgan fingerprint density at radius 3 is 0.969 bits per heavy atom. The molecule has 0 radical (unpaired) electrons. The van der Waals surface area contributed by atoms with Gasteiger partial charge in [-0.25, -0.2) is 0 Å². The molecule has 6 rings (SSSR count). The van der Waals surface area contributed by atoms with Crippen LogP contribution in [-0.2, 0) is 16.8 Å². The number of pyridine rings is 2. The SMILES string of the molecule is COc1ccc(C=N[C@H](c2ccccc2)[C@@H](N=Cc2ccc(OC)cc2[O-])c2ccccc2)c([O-])c1.ClC(Cl)Cl.ClC(Cl)Cl.F[P-](F)(F)(F)(F)F.[Co+3].c1ccncc1.c1ccncc1. The second-order valence-corrected chi connectivity index (χ2v) is 17.5. The van der Waals surface area contributed by atoms with E-state index in [1.807, 2.05) is 97.1 Å². The van der Waals surface area contributed by atoms with Crippen molar-refractivity contribution in [1.29, 1.82) is 0 Å². The molecule has 0 bridgehead atoms. The van der Waals surface area contributed by atoms with Crippen LogP contribution in [0.4, 0.5) is 25.2 Å². The van der Waals surface area contributed by atoms with Crippen LogP contribution in [0.3, 0.4) is 0 Å². The second kappa shape index (κ2) is 30.2. The summed E-state index contributed by atoms with van der Waals surface area (Å²) in [6.07, 6.45) is 10.2. The Morgan fingerprint density at radius 1 is 0.500 bits per heavy atom. The maximum Gasteiger partial charge on any atom is 3.00 e. The molecule has 22 heteroatoms. The van der Waals surface area contributed by atoms with Crippen molar-refractivity contribution in [2.45, 2.75) is 20.7 Å². The van der Waals surface area contributed by atoms with Gasteiger partial charge in [0.05, 0.1) is 14.2 Å². The summed E-state index contributed by atoms with van der Waals surface area (Å²) in [5.74, 6) is 0.630. The monoisotopic (exact) mass is 1080 g/mol. The smallest absolute Gasteiger partial charge is 0.265 e. The average molecular weight is 1080 g/mol. The molecule has 0 saturated carbocycles. The molecule has 0 amide bonds. The Bertz CT molecular complexity index is 1990. The fourth-order valence-electron chi connectivity index (χ4n) is 4.44. The van der Waals surface area contributed by atoms with Crippen LogP contribution < -0.4 is 19.7 Å². The van der Waals surface area contributed by atoms with E-state index < -0.39 is 28.5 Å². The average Bonchev–Trinajstić information content (AvgIpc) is 3.23. The molecule has 2 heterocycles. The molecular weight excluding hydrogens is 1040 g/mol. The van der Waals surface area contributed by atoms with Crippen LogP contribution in [0, 0.1) is 0 Å². The largest absolute Gasteiger partial charge is 3.00 e. The fraction of sp³-hybridized carbons (Fsp3) is 0.143. The van der Waals surface area contributed by atoms with Gasteiger partial charge in [0.1, 0.15) is 23.6 Å². The number of benzene rings is 4. The molecule has 0 fully saturated rings. The van der Waals surface area contributed by atoms with Gasteiger partial charge in [-0.1, -0.05) is 166 Å². The maximum absolute atomic E-state index is 12.5. The van der Waals surface area contributed by atoms with Crippen LogP contribution in [0.15, 0.2) is 168 Å². The van der Waals surface area contributed by atoms with Crippen LogP contribution in [0.25, 0.3) is 0 Å². The van der Waals surface area contributed by atoms with Crippen molar-refractivity contribution in [1.82, 2.24) is 9.97 Å². The summed E-state index contributed by atoms with van der Waals surface area (Å²) < 4.78 is 68.0. The van der Waals surface area contributed by atoms with Crippen molar-refractivity contribution in [3.8, 4) is 23.0 Å². The molecule has 0 spiro atoms. The van der Waals surface area contributed by atoms with Gasteiger partial charge in [-0.15, -0.1) is 0 Å². The van der Waals surface area contributed by atoms with Gasteiger partial charge in [0, 0.05) is 37.2 Å². The van der Waals surface area contributed by atoms with E-state index in [-0.39, 0.29) is 28.3 Å². The van der Waals surface area contributed by atoms with Crippen LogP contribution in [-0.4, -0.2) is 45.2 Å². The normalized spacial score (nSPS) is 12.5. The zero-order chi connectivity index (χ0) is 47.4. The number of nitrogens with zero attached hydrogens (tertiary/aromatic N) is 4. The molecule has 4 aromatic carbocycles. The van der Waals surface area contributed by atoms with E-state index in [2.05, 4.69) is 9.97 Å². The van der Waals surface area contributed by atoms with Gasteiger partial charge < -0.3 is 19.7 Å². The summed E-state index contributed by atoms with van der Waals surface area (Å²) in [5, 5.41) is 25.1. The standard InChI is InChI=1S/C30H28N2O4.2C5H5N.2CHCl3.Co.F6P/c1-35-25-15-13-23(27(33)17-25)19-31-29(21-9-5-3-6-10-21)30(22-11-7-4-8-12-22)32-20-24-14-16-26(36-2)18-28(24)34;2*1-2-4-6-5-3-1;2*2-1(3)4;;1-7(2,3,4,5)6/h3-20,29-30,33-34H,1-2H3;2*1-5H;2*1H;;/q;;;;;+3;-1/p-2/t29-,30+;;;;;;. The molecule has 0 aliphatic carbocycles. The number of ether oxygens (including phenoxy) is 2. The summed E-state index contributed by atoms with van der Waals surface area (Å²) in [6, 6.07) is 39.8. The summed E-state index contributed by atoms with van der Waals surface area (Å²) >= 11 is 28.8. The van der Waals surface area contributed by atoms with E-state index in [4.69, 9.17) is 89.1 Å². The Hall–Kier alpha value is -4.02. The van der Waals surface area contributed by atoms with Gasteiger partial charge in [-0.05, 0) is 70.8 Å². The van der Waals surface area contributed by atoms with Crippen LogP contribution >= 0.6 is 77.4 Å². The number of halogens is 12. The van der Waals surface area contributed by atoms with Crippen molar-refractivity contribution < 1.29 is 61.6 Å². The molecule has 6 aromatic rings. The first kappa shape index (κ1) is 60.0. The first-order valence-electron chi connectivity index (χ1n) is 17.5. The maximum atomic E-state index is 12.5. The Labute approximate surface area is 407 Å². The predicted molar refractivity (Wildman–Crippen MR) is 243 cm³/mol. The molecule has 2 atom stereocenters. The summed E-state index contributed by atoms with van der Waals surface area (Å²) in [7, 11) is -7.62. The summed E-state index contributed by atoms with van der Waals surface area (Å²) in [4.78, 5) is 17.3. The van der Waals surface area contributed by atoms with E-state index in [9.17, 15) is 35.4 Å². The first-order chi connectivity index (χ1) is 29.5. The minimum atomic E-state index is -10.7. The topological polar surface area (TPSA) is 115 Å². The second-order valence-electron chi connectivity index (χ2n) is 11.6. The third-order valence-corrected chi connectivity index (χ3v) is 6.90. The van der Waals surface area contributed by atoms with Crippen molar-refractivity contribution in [3.63, 3.8) is 0 Å². The molecular formula is C42H38Cl6CoF6N4O4P. The van der Waals surface area contributed by atoms with Crippen molar-refractivity contribution in [2.75, 3.05) is 14.2 Å². The van der Waals surface area contributed by atoms with Crippen molar-refractivity contribution in [3.05, 3.63) is 181 Å². The molecule has 0 saturated heterocycles. The van der Waals surface area contributed by atoms with Gasteiger partial charge in [-0.3, -0.25) is 20.0 Å². The molecule has 64 heavy (non-hydrogen) atoms. The number of aromatic nitrogens is 2. The van der Waals surface area contributed by atoms with E-state index in [0.717, 1.165) is 11.1 Å². The van der Waals surface area contributed by atoms with Crippen LogP contribution in [0.5, 0.6) is 23.0 Å². The third kappa shape index (κ3) is 32.6. The Morgan fingerprint density at radius 2 is 0.766 bits per heavy atom. The van der Waals surface area contributed by atoms with E-state index in [0.29, 0.717) is 22.6 Å². The minimum absolute atomic E-state index is 0. The Kier molecular flexibility index (Phi) is 28.3. The number of hydrogen-bond donors (Lipinski definition) is 0. The minimum Gasteiger partial charge on any atom is -0.265 e. The molecule has 8 nitrogen and oxygen atoms in total. The Balaban J connectivity index is 0.00000114. The first-order valence-corrected chi connectivity index (χ1v) is 22.1. The number of rotatable bonds is 9. The van der Waals surface area contributed by atoms with E-state index in [1.54, 1.807) is 61.5 Å². The number of alkyl halides is 6. The number of hydrogen-bond acceptors (Lipinski definition) is 8. The van der Waals surface area contributed by atoms with Gasteiger partial charge in [0.2, 0.25) is 0 Å². The third-order valence-electron chi connectivity index (χ3n) is 6.90. The van der Waals surface area contributed by atoms with Crippen molar-refractivity contribution in [2.24, 2.45) is 9.98 Å². The quantitative estimate of drug-likeness (QED) is 0.0616. The van der Waals surface area contributed by atoms with Gasteiger partial charge in [0.25, 0.3) is 0 Å². The van der Waals surface area contributed by atoms with E-state index >= 15 is 0 Å². The molecule has 0 unspecified atom stereocenters. The van der Waals surface area contributed by atoms with Crippen LogP contribution in [0.2, 0.25) is 0 Å². The van der Waals surface area contributed by atoms with Crippen molar-refractivity contribution >= 4 is 89.8 Å². The predicted octanol–water partition coefficient (Wildman–Crippen LogP) is 14.4. The molecule has 2 aromatic heterocycles. The van der Waals surface area contributed by atoms with Gasteiger partial charge in [-0.2, -0.15) is 0 Å².